The molecule has 3 aromatic rings. The van der Waals surface area contributed by atoms with Crippen molar-refractivity contribution < 1.29 is 9.53 Å². The zero-order valence-electron chi connectivity index (χ0n) is 18.8. The third-order valence-electron chi connectivity index (χ3n) is 5.64. The Kier molecular flexibility index (Phi) is 7.03. The van der Waals surface area contributed by atoms with Gasteiger partial charge in [0.05, 0.1) is 17.4 Å². The monoisotopic (exact) mass is 459 g/mol. The number of aromatic nitrogens is 3. The SMILES string of the molecule is Cc1c(NCCOc2cccc(C(=O)N3CCN(c4ccc(C#N)cn4)CC3)c2)cn[nH]c1=O. The fourth-order valence-electron chi connectivity index (χ4n) is 3.67. The number of rotatable bonds is 7. The molecule has 0 unspecified atom stereocenters. The number of piperazine rings is 1. The molecule has 2 N–H and O–H groups in total. The quantitative estimate of drug-likeness (QED) is 0.512. The van der Waals surface area contributed by atoms with E-state index in [0.29, 0.717) is 67.5 Å². The van der Waals surface area contributed by atoms with Crippen LogP contribution in [0, 0.1) is 18.3 Å². The Morgan fingerprint density at radius 3 is 2.76 bits per heavy atom. The minimum atomic E-state index is -0.230. The van der Waals surface area contributed by atoms with Crippen molar-refractivity contribution in [2.45, 2.75) is 6.92 Å². The number of ether oxygens (including phenoxy) is 1. The Morgan fingerprint density at radius 1 is 1.21 bits per heavy atom. The van der Waals surface area contributed by atoms with Crippen LogP contribution in [0.4, 0.5) is 11.5 Å². The van der Waals surface area contributed by atoms with Crippen molar-refractivity contribution in [3.05, 3.63) is 75.8 Å². The molecule has 1 fully saturated rings. The van der Waals surface area contributed by atoms with Crippen molar-refractivity contribution >= 4 is 17.4 Å². The van der Waals surface area contributed by atoms with E-state index >= 15 is 0 Å². The molecule has 34 heavy (non-hydrogen) atoms. The molecule has 3 heterocycles. The van der Waals surface area contributed by atoms with Gasteiger partial charge in [-0.25, -0.2) is 10.1 Å². The third kappa shape index (κ3) is 5.32. The van der Waals surface area contributed by atoms with Crippen molar-refractivity contribution in [1.29, 1.82) is 5.26 Å². The van der Waals surface area contributed by atoms with Gasteiger partial charge < -0.3 is 19.9 Å². The number of aromatic amines is 1. The lowest BCUT2D eigenvalue weighted by Gasteiger charge is -2.35. The number of carbonyl (C=O) groups excluding carboxylic acids is 1. The van der Waals surface area contributed by atoms with Crippen molar-refractivity contribution in [2.24, 2.45) is 0 Å². The fraction of sp³-hybridized carbons (Fsp3) is 0.292. The summed E-state index contributed by atoms with van der Waals surface area (Å²) in [7, 11) is 0. The molecule has 0 radical (unpaired) electrons. The maximum absolute atomic E-state index is 13.0. The average Bonchev–Trinajstić information content (AvgIpc) is 2.89. The number of anilines is 2. The zero-order chi connectivity index (χ0) is 23.9. The van der Waals surface area contributed by atoms with Crippen molar-refractivity contribution in [3.63, 3.8) is 0 Å². The number of nitriles is 1. The van der Waals surface area contributed by atoms with Gasteiger partial charge >= 0.3 is 0 Å². The molecule has 0 spiro atoms. The average molecular weight is 460 g/mol. The van der Waals surface area contributed by atoms with E-state index in [0.717, 1.165) is 5.82 Å². The molecular weight excluding hydrogens is 434 g/mol. The van der Waals surface area contributed by atoms with Gasteiger partial charge in [-0.1, -0.05) is 6.07 Å². The van der Waals surface area contributed by atoms with Crippen molar-refractivity contribution in [1.82, 2.24) is 20.1 Å². The van der Waals surface area contributed by atoms with E-state index in [1.54, 1.807) is 43.6 Å². The molecule has 0 bridgehead atoms. The zero-order valence-corrected chi connectivity index (χ0v) is 18.8. The summed E-state index contributed by atoms with van der Waals surface area (Å²) in [6, 6.07) is 12.8. The molecule has 4 rings (SSSR count). The van der Waals surface area contributed by atoms with Gasteiger partial charge in [0, 0.05) is 50.0 Å². The molecule has 1 amide bonds. The van der Waals surface area contributed by atoms with E-state index in [-0.39, 0.29) is 11.5 Å². The standard InChI is InChI=1S/C24H25N7O3/c1-17-21(16-28-29-23(17)32)26-7-12-34-20-4-2-3-19(13-20)24(33)31-10-8-30(9-11-31)22-6-5-18(14-25)15-27-22/h2-6,13,15-16H,7-12H2,1H3,(H2,26,29,32). The van der Waals surface area contributed by atoms with Crippen LogP contribution in [-0.4, -0.2) is 65.3 Å². The number of nitrogens with one attached hydrogen (secondary N) is 2. The van der Waals surface area contributed by atoms with Crippen LogP contribution in [0.2, 0.25) is 0 Å². The predicted molar refractivity (Wildman–Crippen MR) is 127 cm³/mol. The summed E-state index contributed by atoms with van der Waals surface area (Å²) in [5.41, 5.74) is 2.10. The van der Waals surface area contributed by atoms with E-state index in [9.17, 15) is 9.59 Å². The molecule has 174 valence electrons. The highest BCUT2D eigenvalue weighted by molar-refractivity contribution is 5.94. The van der Waals surface area contributed by atoms with Gasteiger partial charge in [-0.3, -0.25) is 9.59 Å². The van der Waals surface area contributed by atoms with Gasteiger partial charge in [-0.05, 0) is 37.3 Å². The maximum atomic E-state index is 13.0. The lowest BCUT2D eigenvalue weighted by molar-refractivity contribution is 0.0746. The first-order valence-corrected chi connectivity index (χ1v) is 11.0. The van der Waals surface area contributed by atoms with Crippen LogP contribution in [-0.2, 0) is 0 Å². The van der Waals surface area contributed by atoms with E-state index in [1.807, 2.05) is 17.0 Å². The van der Waals surface area contributed by atoms with Crippen LogP contribution < -0.4 is 20.5 Å². The lowest BCUT2D eigenvalue weighted by atomic mass is 10.1. The second-order valence-electron chi connectivity index (χ2n) is 7.84. The minimum absolute atomic E-state index is 0.0405. The summed E-state index contributed by atoms with van der Waals surface area (Å²) in [6.45, 7) is 5.07. The first kappa shape index (κ1) is 22.8. The van der Waals surface area contributed by atoms with Crippen LogP contribution in [0.5, 0.6) is 5.75 Å². The molecular formula is C24H25N7O3. The Labute approximate surface area is 196 Å². The smallest absolute Gasteiger partial charge is 0.269 e. The highest BCUT2D eigenvalue weighted by Crippen LogP contribution is 2.18. The maximum Gasteiger partial charge on any atom is 0.269 e. The molecule has 10 nitrogen and oxygen atoms in total. The molecule has 2 aromatic heterocycles. The molecule has 1 aliphatic heterocycles. The number of benzene rings is 1. The Morgan fingerprint density at radius 2 is 2.03 bits per heavy atom. The van der Waals surface area contributed by atoms with Crippen LogP contribution in [0.15, 0.2) is 53.6 Å². The Bertz CT molecular complexity index is 1240. The number of H-pyrrole nitrogens is 1. The summed E-state index contributed by atoms with van der Waals surface area (Å²) in [5, 5.41) is 18.2. The molecule has 1 aliphatic rings. The highest BCUT2D eigenvalue weighted by Gasteiger charge is 2.23. The van der Waals surface area contributed by atoms with E-state index in [2.05, 4.69) is 31.5 Å². The molecule has 1 aromatic carbocycles. The van der Waals surface area contributed by atoms with Gasteiger partial charge in [0.2, 0.25) is 0 Å². The molecule has 0 atom stereocenters. The minimum Gasteiger partial charge on any atom is -0.492 e. The summed E-state index contributed by atoms with van der Waals surface area (Å²) >= 11 is 0. The third-order valence-corrected chi connectivity index (χ3v) is 5.64. The number of hydrogen-bond acceptors (Lipinski definition) is 8. The van der Waals surface area contributed by atoms with Crippen LogP contribution >= 0.6 is 0 Å². The second-order valence-corrected chi connectivity index (χ2v) is 7.84. The number of pyridine rings is 1. The fourth-order valence-corrected chi connectivity index (χ4v) is 3.67. The van der Waals surface area contributed by atoms with Gasteiger partial charge in [0.15, 0.2) is 0 Å². The van der Waals surface area contributed by atoms with Crippen LogP contribution in [0.25, 0.3) is 0 Å². The second kappa shape index (κ2) is 10.5. The predicted octanol–water partition coefficient (Wildman–Crippen LogP) is 1.80. The molecule has 10 heteroatoms. The first-order chi connectivity index (χ1) is 16.5. The highest BCUT2D eigenvalue weighted by atomic mass is 16.5. The number of amides is 1. The summed E-state index contributed by atoms with van der Waals surface area (Å²) in [6.07, 6.45) is 3.12. The van der Waals surface area contributed by atoms with Crippen molar-refractivity contribution in [2.75, 3.05) is 49.5 Å². The number of nitrogens with zero attached hydrogens (tertiary/aromatic N) is 5. The normalized spacial score (nSPS) is 13.3. The molecule has 0 saturated carbocycles. The molecule has 0 aliphatic carbocycles. The number of carbonyl (C=O) groups is 1. The van der Waals surface area contributed by atoms with E-state index in [1.165, 1.54) is 0 Å². The van der Waals surface area contributed by atoms with E-state index < -0.39 is 0 Å². The topological polar surface area (TPSA) is 127 Å². The van der Waals surface area contributed by atoms with Crippen LogP contribution in [0.1, 0.15) is 21.5 Å². The Hall–Kier alpha value is -4.39. The summed E-state index contributed by atoms with van der Waals surface area (Å²) in [5.74, 6) is 1.37. The van der Waals surface area contributed by atoms with Gasteiger partial charge in [-0.2, -0.15) is 10.4 Å². The lowest BCUT2D eigenvalue weighted by Crippen LogP contribution is -2.49. The molecule has 1 saturated heterocycles. The Balaban J connectivity index is 1.28. The van der Waals surface area contributed by atoms with Crippen LogP contribution in [0.3, 0.4) is 0 Å². The number of hydrogen-bond donors (Lipinski definition) is 2. The summed E-state index contributed by atoms with van der Waals surface area (Å²) < 4.78 is 5.79. The van der Waals surface area contributed by atoms with Gasteiger partial charge in [-0.15, -0.1) is 0 Å². The van der Waals surface area contributed by atoms with Gasteiger partial charge in [0.25, 0.3) is 11.5 Å². The largest absolute Gasteiger partial charge is 0.492 e. The first-order valence-electron chi connectivity index (χ1n) is 11.0. The van der Waals surface area contributed by atoms with E-state index in [4.69, 9.17) is 10.00 Å². The summed E-state index contributed by atoms with van der Waals surface area (Å²) in [4.78, 5) is 32.9. The van der Waals surface area contributed by atoms with Crippen molar-refractivity contribution in [3.8, 4) is 11.8 Å². The van der Waals surface area contributed by atoms with Gasteiger partial charge in [0.1, 0.15) is 24.2 Å².